The summed E-state index contributed by atoms with van der Waals surface area (Å²) < 4.78 is 2.18. The van der Waals surface area contributed by atoms with Crippen LogP contribution in [0.3, 0.4) is 0 Å². The van der Waals surface area contributed by atoms with E-state index in [4.69, 9.17) is 4.98 Å². The number of fused-ring (bicyclic) bond motifs is 1. The molecule has 0 radical (unpaired) electrons. The Hall–Kier alpha value is -3.29. The molecule has 0 saturated carbocycles. The topological polar surface area (TPSA) is 102 Å². The third-order valence-corrected chi connectivity index (χ3v) is 4.83. The van der Waals surface area contributed by atoms with Crippen LogP contribution in [0.15, 0.2) is 42.9 Å². The molecule has 1 atom stereocenters. The molecule has 3 aromatic rings. The van der Waals surface area contributed by atoms with Crippen LogP contribution in [-0.2, 0) is 4.79 Å². The molecule has 0 unspecified atom stereocenters. The van der Waals surface area contributed by atoms with E-state index in [0.29, 0.717) is 0 Å². The van der Waals surface area contributed by atoms with Gasteiger partial charge in [-0.1, -0.05) is 26.0 Å². The average Bonchev–Trinajstić information content (AvgIpc) is 3.11. The first-order valence-corrected chi connectivity index (χ1v) is 10.2. The lowest BCUT2D eigenvalue weighted by molar-refractivity contribution is -0.122. The van der Waals surface area contributed by atoms with Crippen LogP contribution < -0.4 is 10.6 Å². The zero-order valence-electron chi connectivity index (χ0n) is 17.8. The number of aromatic nitrogens is 4. The highest BCUT2D eigenvalue weighted by Crippen LogP contribution is 2.28. The van der Waals surface area contributed by atoms with Gasteiger partial charge in [-0.25, -0.2) is 9.97 Å². The minimum absolute atomic E-state index is 0.143. The normalized spacial score (nSPS) is 12.3. The van der Waals surface area contributed by atoms with Gasteiger partial charge in [0.05, 0.1) is 23.3 Å². The molecule has 0 aliphatic heterocycles. The number of benzene rings is 1. The Bertz CT molecular complexity index is 1010. The van der Waals surface area contributed by atoms with E-state index in [1.807, 2.05) is 24.3 Å². The Morgan fingerprint density at radius 2 is 1.87 bits per heavy atom. The van der Waals surface area contributed by atoms with Gasteiger partial charge in [-0.05, 0) is 31.9 Å². The van der Waals surface area contributed by atoms with Gasteiger partial charge in [0.1, 0.15) is 11.5 Å². The van der Waals surface area contributed by atoms with E-state index in [2.05, 4.69) is 52.9 Å². The van der Waals surface area contributed by atoms with Crippen molar-refractivity contribution in [3.05, 3.63) is 54.4 Å². The van der Waals surface area contributed by atoms with Gasteiger partial charge < -0.3 is 15.2 Å². The first-order valence-electron chi connectivity index (χ1n) is 10.2. The zero-order chi connectivity index (χ0) is 21.7. The van der Waals surface area contributed by atoms with E-state index < -0.39 is 0 Å². The Morgan fingerprint density at radius 3 is 2.53 bits per heavy atom. The van der Waals surface area contributed by atoms with Crippen molar-refractivity contribution in [3.63, 3.8) is 0 Å². The van der Waals surface area contributed by atoms with Gasteiger partial charge in [0.2, 0.25) is 5.91 Å². The predicted molar refractivity (Wildman–Crippen MR) is 115 cm³/mol. The number of hydrogen-bond acceptors (Lipinski definition) is 5. The molecule has 158 valence electrons. The number of nitrogens with one attached hydrogen (secondary N) is 2. The molecule has 0 saturated heterocycles. The number of para-hydroxylation sites is 2. The largest absolute Gasteiger partial charge is 0.350 e. The monoisotopic (exact) mass is 408 g/mol. The standard InChI is InChI=1S/C22H28N6O2/c1-14(2)20(21-26-16-7-5-6-8-18(16)28(21)15(3)4)27-19(29)9-10-25-22(30)17-13-23-11-12-24-17/h5-8,11-15,20H,9-10H2,1-4H3,(H,25,30)(H,27,29)/t20-/m1/s1. The molecule has 2 aromatic heterocycles. The maximum atomic E-state index is 12.6. The van der Waals surface area contributed by atoms with Crippen molar-refractivity contribution < 1.29 is 9.59 Å². The summed E-state index contributed by atoms with van der Waals surface area (Å²) in [5.74, 6) is 0.504. The highest BCUT2D eigenvalue weighted by Gasteiger charge is 2.26. The number of rotatable bonds is 8. The number of nitrogens with zero attached hydrogens (tertiary/aromatic N) is 4. The van der Waals surface area contributed by atoms with Crippen molar-refractivity contribution in [2.75, 3.05) is 6.54 Å². The maximum Gasteiger partial charge on any atom is 0.271 e. The fourth-order valence-electron chi connectivity index (χ4n) is 3.40. The SMILES string of the molecule is CC(C)[C@@H](NC(=O)CCNC(=O)c1cnccn1)c1nc2ccccc2n1C(C)C. The van der Waals surface area contributed by atoms with Gasteiger partial charge in [-0.3, -0.25) is 14.6 Å². The third kappa shape index (κ3) is 4.82. The molecule has 3 rings (SSSR count). The Kier molecular flexibility index (Phi) is 6.76. The molecule has 0 fully saturated rings. The minimum atomic E-state index is -0.349. The lowest BCUT2D eigenvalue weighted by atomic mass is 10.0. The van der Waals surface area contributed by atoms with E-state index >= 15 is 0 Å². The van der Waals surface area contributed by atoms with Gasteiger partial charge in [-0.2, -0.15) is 0 Å². The van der Waals surface area contributed by atoms with Crippen molar-refractivity contribution in [2.24, 2.45) is 5.92 Å². The molecular weight excluding hydrogens is 380 g/mol. The fraction of sp³-hybridized carbons (Fsp3) is 0.409. The lowest BCUT2D eigenvalue weighted by Crippen LogP contribution is -2.36. The lowest BCUT2D eigenvalue weighted by Gasteiger charge is -2.25. The number of amides is 2. The Labute approximate surface area is 176 Å². The van der Waals surface area contributed by atoms with Crippen molar-refractivity contribution in [2.45, 2.75) is 46.2 Å². The van der Waals surface area contributed by atoms with Gasteiger partial charge in [0.15, 0.2) is 0 Å². The molecule has 8 nitrogen and oxygen atoms in total. The highest BCUT2D eigenvalue weighted by atomic mass is 16.2. The molecule has 2 N–H and O–H groups in total. The van der Waals surface area contributed by atoms with Crippen LogP contribution in [-0.4, -0.2) is 37.9 Å². The van der Waals surface area contributed by atoms with E-state index in [0.717, 1.165) is 16.9 Å². The second-order valence-corrected chi connectivity index (χ2v) is 7.81. The van der Waals surface area contributed by atoms with Gasteiger partial charge in [0, 0.05) is 31.4 Å². The van der Waals surface area contributed by atoms with Crippen molar-refractivity contribution in [1.29, 1.82) is 0 Å². The van der Waals surface area contributed by atoms with Crippen LogP contribution in [0.25, 0.3) is 11.0 Å². The summed E-state index contributed by atoms with van der Waals surface area (Å²) in [5, 5.41) is 5.80. The average molecular weight is 409 g/mol. The molecule has 0 spiro atoms. The molecule has 8 heteroatoms. The van der Waals surface area contributed by atoms with E-state index in [1.165, 1.54) is 18.6 Å². The predicted octanol–water partition coefficient (Wildman–Crippen LogP) is 3.04. The third-order valence-electron chi connectivity index (χ3n) is 4.83. The maximum absolute atomic E-state index is 12.6. The minimum Gasteiger partial charge on any atom is -0.350 e. The molecule has 1 aromatic carbocycles. The van der Waals surface area contributed by atoms with E-state index in [-0.39, 0.29) is 48.5 Å². The summed E-state index contributed by atoms with van der Waals surface area (Å²) in [7, 11) is 0. The smallest absolute Gasteiger partial charge is 0.271 e. The summed E-state index contributed by atoms with van der Waals surface area (Å²) in [6.07, 6.45) is 4.51. The van der Waals surface area contributed by atoms with Crippen molar-refractivity contribution in [3.8, 4) is 0 Å². The molecule has 2 amide bonds. The molecule has 2 heterocycles. The highest BCUT2D eigenvalue weighted by molar-refractivity contribution is 5.92. The second-order valence-electron chi connectivity index (χ2n) is 7.81. The van der Waals surface area contributed by atoms with E-state index in [9.17, 15) is 9.59 Å². The van der Waals surface area contributed by atoms with Gasteiger partial charge in [-0.15, -0.1) is 0 Å². The summed E-state index contributed by atoms with van der Waals surface area (Å²) in [4.78, 5) is 37.3. The zero-order valence-corrected chi connectivity index (χ0v) is 17.8. The summed E-state index contributed by atoms with van der Waals surface area (Å²) in [6.45, 7) is 8.56. The Balaban J connectivity index is 1.69. The molecule has 30 heavy (non-hydrogen) atoms. The number of carbonyl (C=O) groups excluding carboxylic acids is 2. The first-order chi connectivity index (χ1) is 14.4. The van der Waals surface area contributed by atoms with E-state index in [1.54, 1.807) is 0 Å². The second kappa shape index (κ2) is 9.47. The van der Waals surface area contributed by atoms with Crippen molar-refractivity contribution in [1.82, 2.24) is 30.2 Å². The van der Waals surface area contributed by atoms with Crippen molar-refractivity contribution >= 4 is 22.8 Å². The van der Waals surface area contributed by atoms with Crippen LogP contribution in [0.2, 0.25) is 0 Å². The van der Waals surface area contributed by atoms with Crippen LogP contribution in [0.5, 0.6) is 0 Å². The Morgan fingerprint density at radius 1 is 1.10 bits per heavy atom. The number of imidazole rings is 1. The van der Waals surface area contributed by atoms with Crippen LogP contribution in [0.4, 0.5) is 0 Å². The number of carbonyl (C=O) groups is 2. The molecule has 0 aliphatic carbocycles. The van der Waals surface area contributed by atoms with Crippen LogP contribution >= 0.6 is 0 Å². The van der Waals surface area contributed by atoms with Gasteiger partial charge in [0.25, 0.3) is 5.91 Å². The molecule has 0 aliphatic rings. The van der Waals surface area contributed by atoms with Crippen LogP contribution in [0, 0.1) is 5.92 Å². The fourth-order valence-corrected chi connectivity index (χ4v) is 3.40. The summed E-state index contributed by atoms with van der Waals surface area (Å²) in [6, 6.07) is 7.97. The first kappa shape index (κ1) is 21.4. The number of hydrogen-bond donors (Lipinski definition) is 2. The summed E-state index contributed by atoms with van der Waals surface area (Å²) in [5.41, 5.74) is 2.19. The summed E-state index contributed by atoms with van der Waals surface area (Å²) >= 11 is 0. The molecule has 0 bridgehead atoms. The van der Waals surface area contributed by atoms with Gasteiger partial charge >= 0.3 is 0 Å². The quantitative estimate of drug-likeness (QED) is 0.596. The molecular formula is C22H28N6O2. The van der Waals surface area contributed by atoms with Crippen LogP contribution in [0.1, 0.15) is 62.5 Å².